The number of amides is 2. The molecule has 2 N–H and O–H groups in total. The average Bonchev–Trinajstić information content (AvgIpc) is 2.67. The van der Waals surface area contributed by atoms with E-state index in [0.717, 1.165) is 6.42 Å². The summed E-state index contributed by atoms with van der Waals surface area (Å²) in [5.41, 5.74) is 0.877. The van der Waals surface area contributed by atoms with Gasteiger partial charge in [0.2, 0.25) is 0 Å². The first-order valence-electron chi connectivity index (χ1n) is 8.54. The van der Waals surface area contributed by atoms with Gasteiger partial charge in [0.05, 0.1) is 18.4 Å². The first kappa shape index (κ1) is 19.3. The van der Waals surface area contributed by atoms with E-state index < -0.39 is 6.10 Å². The van der Waals surface area contributed by atoms with Crippen molar-refractivity contribution in [2.24, 2.45) is 0 Å². The minimum Gasteiger partial charge on any atom is -0.497 e. The molecule has 2 rings (SSSR count). The van der Waals surface area contributed by atoms with Gasteiger partial charge in [-0.25, -0.2) is 0 Å². The zero-order valence-corrected chi connectivity index (χ0v) is 15.2. The molecule has 0 heterocycles. The van der Waals surface area contributed by atoms with E-state index in [4.69, 9.17) is 9.47 Å². The molecular formula is C20H24N2O4. The number of carbonyl (C=O) groups is 2. The molecule has 0 radical (unpaired) electrons. The molecule has 0 saturated heterocycles. The maximum atomic E-state index is 12.4. The third kappa shape index (κ3) is 5.24. The van der Waals surface area contributed by atoms with Crippen LogP contribution in [-0.2, 0) is 4.79 Å². The van der Waals surface area contributed by atoms with Gasteiger partial charge in [-0.15, -0.1) is 0 Å². The molecule has 2 aromatic carbocycles. The SMILES string of the molecule is CCCNC(=O)c1ccccc1NC(=O)[C@@H](C)Oc1ccc(OC)cc1. The Bertz CT molecular complexity index is 744. The van der Waals surface area contributed by atoms with Crippen LogP contribution < -0.4 is 20.1 Å². The topological polar surface area (TPSA) is 76.7 Å². The lowest BCUT2D eigenvalue weighted by Gasteiger charge is -2.16. The van der Waals surface area contributed by atoms with Crippen LogP contribution in [0.1, 0.15) is 30.6 Å². The van der Waals surface area contributed by atoms with Crippen molar-refractivity contribution in [2.75, 3.05) is 19.0 Å². The molecule has 0 spiro atoms. The molecule has 138 valence electrons. The van der Waals surface area contributed by atoms with Crippen LogP contribution in [0.2, 0.25) is 0 Å². The highest BCUT2D eigenvalue weighted by Crippen LogP contribution is 2.19. The fourth-order valence-corrected chi connectivity index (χ4v) is 2.27. The molecule has 0 unspecified atom stereocenters. The predicted molar refractivity (Wildman–Crippen MR) is 101 cm³/mol. The summed E-state index contributed by atoms with van der Waals surface area (Å²) in [6, 6.07) is 13.9. The van der Waals surface area contributed by atoms with Crippen molar-refractivity contribution >= 4 is 17.5 Å². The quantitative estimate of drug-likeness (QED) is 0.761. The van der Waals surface area contributed by atoms with Crippen LogP contribution in [0.15, 0.2) is 48.5 Å². The summed E-state index contributed by atoms with van der Waals surface area (Å²) in [4.78, 5) is 24.7. The summed E-state index contributed by atoms with van der Waals surface area (Å²) in [6.07, 6.45) is 0.114. The second-order valence-corrected chi connectivity index (χ2v) is 5.73. The molecule has 6 nitrogen and oxygen atoms in total. The highest BCUT2D eigenvalue weighted by atomic mass is 16.5. The molecule has 0 saturated carbocycles. The minimum atomic E-state index is -0.727. The lowest BCUT2D eigenvalue weighted by atomic mass is 10.1. The number of carbonyl (C=O) groups excluding carboxylic acids is 2. The Kier molecular flexibility index (Phi) is 7.02. The van der Waals surface area contributed by atoms with Gasteiger partial charge in [0.15, 0.2) is 6.10 Å². The Morgan fingerprint density at radius 2 is 1.69 bits per heavy atom. The highest BCUT2D eigenvalue weighted by molar-refractivity contribution is 6.04. The lowest BCUT2D eigenvalue weighted by Crippen LogP contribution is -2.31. The van der Waals surface area contributed by atoms with Crippen LogP contribution in [0.5, 0.6) is 11.5 Å². The van der Waals surface area contributed by atoms with E-state index in [1.807, 2.05) is 6.92 Å². The predicted octanol–water partition coefficient (Wildman–Crippen LogP) is 3.24. The van der Waals surface area contributed by atoms with E-state index in [1.165, 1.54) is 0 Å². The van der Waals surface area contributed by atoms with Gasteiger partial charge in [0.25, 0.3) is 11.8 Å². The number of nitrogens with one attached hydrogen (secondary N) is 2. The van der Waals surface area contributed by atoms with Crippen molar-refractivity contribution in [3.05, 3.63) is 54.1 Å². The summed E-state index contributed by atoms with van der Waals surface area (Å²) in [5, 5.41) is 5.57. The molecule has 6 heteroatoms. The van der Waals surface area contributed by atoms with Gasteiger partial charge in [-0.1, -0.05) is 19.1 Å². The van der Waals surface area contributed by atoms with Crippen molar-refractivity contribution in [2.45, 2.75) is 26.4 Å². The van der Waals surface area contributed by atoms with Crippen LogP contribution in [0.3, 0.4) is 0 Å². The fourth-order valence-electron chi connectivity index (χ4n) is 2.27. The number of anilines is 1. The maximum Gasteiger partial charge on any atom is 0.265 e. The summed E-state index contributed by atoms with van der Waals surface area (Å²) < 4.78 is 10.7. The largest absolute Gasteiger partial charge is 0.497 e. The summed E-state index contributed by atoms with van der Waals surface area (Å²) in [7, 11) is 1.58. The van der Waals surface area contributed by atoms with Crippen molar-refractivity contribution in [3.63, 3.8) is 0 Å². The van der Waals surface area contributed by atoms with Crippen LogP contribution >= 0.6 is 0 Å². The lowest BCUT2D eigenvalue weighted by molar-refractivity contribution is -0.122. The molecule has 0 aliphatic rings. The number of ether oxygens (including phenoxy) is 2. The number of hydrogen-bond donors (Lipinski definition) is 2. The second kappa shape index (κ2) is 9.46. The summed E-state index contributed by atoms with van der Waals surface area (Å²) >= 11 is 0. The smallest absolute Gasteiger partial charge is 0.265 e. The van der Waals surface area contributed by atoms with E-state index in [-0.39, 0.29) is 11.8 Å². The van der Waals surface area contributed by atoms with Crippen LogP contribution in [0.4, 0.5) is 5.69 Å². The van der Waals surface area contributed by atoms with Crippen molar-refractivity contribution in [1.82, 2.24) is 5.32 Å². The highest BCUT2D eigenvalue weighted by Gasteiger charge is 2.18. The minimum absolute atomic E-state index is 0.216. The van der Waals surface area contributed by atoms with E-state index in [1.54, 1.807) is 62.6 Å². The van der Waals surface area contributed by atoms with Crippen molar-refractivity contribution in [3.8, 4) is 11.5 Å². The average molecular weight is 356 g/mol. The van der Waals surface area contributed by atoms with E-state index in [2.05, 4.69) is 10.6 Å². The third-order valence-electron chi connectivity index (χ3n) is 3.71. The van der Waals surface area contributed by atoms with Gasteiger partial charge in [-0.3, -0.25) is 9.59 Å². The Morgan fingerprint density at radius 1 is 1.04 bits per heavy atom. The van der Waals surface area contributed by atoms with Gasteiger partial charge < -0.3 is 20.1 Å². The summed E-state index contributed by atoms with van der Waals surface area (Å²) in [6.45, 7) is 4.21. The molecule has 0 aromatic heterocycles. The van der Waals surface area contributed by atoms with Crippen molar-refractivity contribution < 1.29 is 19.1 Å². The molecule has 0 aliphatic heterocycles. The van der Waals surface area contributed by atoms with Gasteiger partial charge in [0.1, 0.15) is 11.5 Å². The standard InChI is InChI=1S/C20H24N2O4/c1-4-13-21-20(24)17-7-5-6-8-18(17)22-19(23)14(2)26-16-11-9-15(25-3)10-12-16/h5-12,14H,4,13H2,1-3H3,(H,21,24)(H,22,23)/t14-/m1/s1. The fraction of sp³-hybridized carbons (Fsp3) is 0.300. The van der Waals surface area contributed by atoms with Crippen LogP contribution in [0.25, 0.3) is 0 Å². The zero-order valence-electron chi connectivity index (χ0n) is 15.2. The molecule has 26 heavy (non-hydrogen) atoms. The zero-order chi connectivity index (χ0) is 18.9. The van der Waals surface area contributed by atoms with Gasteiger partial charge in [-0.2, -0.15) is 0 Å². The second-order valence-electron chi connectivity index (χ2n) is 5.73. The van der Waals surface area contributed by atoms with Crippen LogP contribution in [0, 0.1) is 0 Å². The number of para-hydroxylation sites is 1. The molecule has 0 bridgehead atoms. The molecule has 0 fully saturated rings. The van der Waals surface area contributed by atoms with Crippen LogP contribution in [-0.4, -0.2) is 31.6 Å². The Morgan fingerprint density at radius 3 is 2.35 bits per heavy atom. The maximum absolute atomic E-state index is 12.4. The normalized spacial score (nSPS) is 11.3. The van der Waals surface area contributed by atoms with E-state index in [9.17, 15) is 9.59 Å². The number of rotatable bonds is 8. The number of benzene rings is 2. The van der Waals surface area contributed by atoms with Gasteiger partial charge in [0, 0.05) is 6.54 Å². The van der Waals surface area contributed by atoms with Crippen molar-refractivity contribution in [1.29, 1.82) is 0 Å². The monoisotopic (exact) mass is 356 g/mol. The molecular weight excluding hydrogens is 332 g/mol. The first-order chi connectivity index (χ1) is 12.5. The third-order valence-corrected chi connectivity index (χ3v) is 3.71. The Balaban J connectivity index is 2.03. The molecule has 2 amide bonds. The molecule has 0 aliphatic carbocycles. The molecule has 2 aromatic rings. The molecule has 1 atom stereocenters. The Hall–Kier alpha value is -3.02. The van der Waals surface area contributed by atoms with Gasteiger partial charge >= 0.3 is 0 Å². The first-order valence-corrected chi connectivity index (χ1v) is 8.54. The Labute approximate surface area is 153 Å². The van der Waals surface area contributed by atoms with Gasteiger partial charge in [-0.05, 0) is 49.7 Å². The number of hydrogen-bond acceptors (Lipinski definition) is 4. The van der Waals surface area contributed by atoms with E-state index >= 15 is 0 Å². The summed E-state index contributed by atoms with van der Waals surface area (Å²) in [5.74, 6) is 0.715. The van der Waals surface area contributed by atoms with E-state index in [0.29, 0.717) is 29.3 Å². The number of methoxy groups -OCH3 is 1.